The Labute approximate surface area is 242 Å². The first-order valence-electron chi connectivity index (χ1n) is 14.0. The van der Waals surface area contributed by atoms with Gasteiger partial charge in [-0.1, -0.05) is 29.8 Å². The minimum Gasteiger partial charge on any atom is -0.358 e. The zero-order chi connectivity index (χ0) is 28.6. The van der Waals surface area contributed by atoms with E-state index in [0.29, 0.717) is 40.6 Å². The Morgan fingerprint density at radius 1 is 1.10 bits per heavy atom. The van der Waals surface area contributed by atoms with Crippen molar-refractivity contribution in [3.8, 4) is 0 Å². The van der Waals surface area contributed by atoms with Gasteiger partial charge < -0.3 is 15.1 Å². The van der Waals surface area contributed by atoms with Crippen molar-refractivity contribution in [1.29, 1.82) is 0 Å². The molecule has 1 saturated heterocycles. The monoisotopic (exact) mass is 583 g/mol. The fourth-order valence-electron chi connectivity index (χ4n) is 6.27. The predicted molar refractivity (Wildman–Crippen MR) is 159 cm³/mol. The normalized spacial score (nSPS) is 23.9. The minimum absolute atomic E-state index is 0.00535. The van der Waals surface area contributed by atoms with Crippen molar-refractivity contribution in [2.75, 3.05) is 24.7 Å². The lowest BCUT2D eigenvalue weighted by atomic mass is 9.81. The van der Waals surface area contributed by atoms with Crippen molar-refractivity contribution >= 4 is 44.1 Å². The Morgan fingerprint density at radius 3 is 2.58 bits per heavy atom. The molecule has 214 valence electrons. The number of hydrogen-bond acceptors (Lipinski definition) is 7. The number of aromatic nitrogens is 2. The maximum absolute atomic E-state index is 13.8. The predicted octanol–water partition coefficient (Wildman–Crippen LogP) is 4.96. The summed E-state index contributed by atoms with van der Waals surface area (Å²) in [6, 6.07) is 14.2. The Balaban J connectivity index is 1.39. The lowest BCUT2D eigenvalue weighted by molar-refractivity contribution is -0.132. The van der Waals surface area contributed by atoms with Crippen LogP contribution in [0, 0.1) is 12.8 Å². The molecule has 1 aliphatic heterocycles. The van der Waals surface area contributed by atoms with Gasteiger partial charge in [0.2, 0.25) is 5.91 Å². The van der Waals surface area contributed by atoms with E-state index in [-0.39, 0.29) is 29.7 Å². The van der Waals surface area contributed by atoms with Gasteiger partial charge in [0, 0.05) is 35.1 Å². The van der Waals surface area contributed by atoms with Gasteiger partial charge in [-0.15, -0.1) is 0 Å². The van der Waals surface area contributed by atoms with Crippen molar-refractivity contribution in [3.05, 3.63) is 59.4 Å². The number of benzene rings is 2. The maximum atomic E-state index is 13.8. The van der Waals surface area contributed by atoms with Gasteiger partial charge >= 0.3 is 0 Å². The number of sulfone groups is 1. The molecule has 8 nitrogen and oxygen atoms in total. The van der Waals surface area contributed by atoms with Crippen LogP contribution in [0.4, 0.5) is 5.82 Å². The Bertz CT molecular complexity index is 1480. The zero-order valence-corrected chi connectivity index (χ0v) is 25.1. The molecule has 0 spiro atoms. The molecular formula is C30H38ClN5O3S. The maximum Gasteiger partial charge on any atom is 0.245 e. The van der Waals surface area contributed by atoms with Gasteiger partial charge in [-0.3, -0.25) is 4.79 Å². The molecule has 1 amide bonds. The molecule has 2 aliphatic rings. The van der Waals surface area contributed by atoms with Crippen LogP contribution in [0.1, 0.15) is 45.4 Å². The van der Waals surface area contributed by atoms with Crippen LogP contribution in [-0.2, 0) is 14.6 Å². The number of anilines is 1. The zero-order valence-electron chi connectivity index (χ0n) is 23.5. The second-order valence-electron chi connectivity index (χ2n) is 11.4. The average molecular weight is 584 g/mol. The molecule has 1 aromatic heterocycles. The molecule has 4 atom stereocenters. The van der Waals surface area contributed by atoms with E-state index in [4.69, 9.17) is 11.6 Å². The lowest BCUT2D eigenvalue weighted by Crippen LogP contribution is -2.52. The van der Waals surface area contributed by atoms with Gasteiger partial charge in [-0.05, 0) is 89.8 Å². The molecule has 0 unspecified atom stereocenters. The summed E-state index contributed by atoms with van der Waals surface area (Å²) in [5.74, 6) is 1.07. The first-order chi connectivity index (χ1) is 19.0. The summed E-state index contributed by atoms with van der Waals surface area (Å²) in [5.41, 5.74) is 0.764. The minimum atomic E-state index is -3.51. The number of hydrogen-bond donors (Lipinski definition) is 1. The van der Waals surface area contributed by atoms with Crippen LogP contribution in [0.15, 0.2) is 53.4 Å². The number of halogens is 1. The van der Waals surface area contributed by atoms with E-state index in [0.717, 1.165) is 30.2 Å². The van der Waals surface area contributed by atoms with E-state index >= 15 is 0 Å². The van der Waals surface area contributed by atoms with Crippen molar-refractivity contribution in [3.63, 3.8) is 0 Å². The van der Waals surface area contributed by atoms with E-state index in [2.05, 4.69) is 41.1 Å². The van der Waals surface area contributed by atoms with Crippen LogP contribution in [0.25, 0.3) is 10.9 Å². The van der Waals surface area contributed by atoms with Crippen molar-refractivity contribution < 1.29 is 13.2 Å². The summed E-state index contributed by atoms with van der Waals surface area (Å²) in [6.45, 7) is 6.73. The molecule has 2 aromatic carbocycles. The van der Waals surface area contributed by atoms with Gasteiger partial charge in [0.1, 0.15) is 17.7 Å². The molecule has 1 aliphatic carbocycles. The van der Waals surface area contributed by atoms with Crippen molar-refractivity contribution in [2.24, 2.45) is 5.92 Å². The van der Waals surface area contributed by atoms with E-state index in [1.807, 2.05) is 30.0 Å². The molecule has 0 radical (unpaired) electrons. The van der Waals surface area contributed by atoms with E-state index in [1.165, 1.54) is 0 Å². The Morgan fingerprint density at radius 2 is 1.85 bits per heavy atom. The summed E-state index contributed by atoms with van der Waals surface area (Å²) in [6.07, 6.45) is 3.06. The fourth-order valence-corrected chi connectivity index (χ4v) is 8.13. The van der Waals surface area contributed by atoms with E-state index in [1.54, 1.807) is 30.3 Å². The third kappa shape index (κ3) is 5.97. The molecular weight excluding hydrogens is 546 g/mol. The molecule has 2 fully saturated rings. The van der Waals surface area contributed by atoms with Crippen LogP contribution in [0.3, 0.4) is 0 Å². The second kappa shape index (κ2) is 11.6. The Kier molecular flexibility index (Phi) is 8.36. The van der Waals surface area contributed by atoms with Crippen LogP contribution in [0.2, 0.25) is 5.02 Å². The Hall–Kier alpha value is -2.75. The summed E-state index contributed by atoms with van der Waals surface area (Å²) in [5, 5.41) is 4.72. The van der Waals surface area contributed by atoms with Crippen LogP contribution < -0.4 is 5.32 Å². The van der Waals surface area contributed by atoms with Gasteiger partial charge in [0.25, 0.3) is 0 Å². The smallest absolute Gasteiger partial charge is 0.245 e. The highest BCUT2D eigenvalue weighted by molar-refractivity contribution is 7.91. The molecule has 0 bridgehead atoms. The number of likely N-dealkylation sites (tertiary alicyclic amines) is 1. The van der Waals surface area contributed by atoms with Crippen LogP contribution in [0.5, 0.6) is 0 Å². The van der Waals surface area contributed by atoms with Gasteiger partial charge in [0.05, 0.1) is 16.2 Å². The highest BCUT2D eigenvalue weighted by atomic mass is 35.5. The number of nitrogens with one attached hydrogen (secondary N) is 1. The summed E-state index contributed by atoms with van der Waals surface area (Å²) >= 11 is 6.26. The summed E-state index contributed by atoms with van der Waals surface area (Å²) < 4.78 is 27.0. The number of fused-ring (bicyclic) bond motifs is 1. The second-order valence-corrected chi connectivity index (χ2v) is 13.9. The highest BCUT2D eigenvalue weighted by Gasteiger charge is 2.44. The van der Waals surface area contributed by atoms with Gasteiger partial charge in [-0.25, -0.2) is 18.4 Å². The van der Waals surface area contributed by atoms with Crippen LogP contribution in [-0.4, -0.2) is 77.6 Å². The molecule has 5 rings (SSSR count). The number of carbonyl (C=O) groups is 1. The number of amides is 1. The molecule has 2 heterocycles. The number of aryl methyl sites for hydroxylation is 1. The summed E-state index contributed by atoms with van der Waals surface area (Å²) in [4.78, 5) is 27.5. The van der Waals surface area contributed by atoms with Crippen molar-refractivity contribution in [1.82, 2.24) is 19.8 Å². The average Bonchev–Trinajstić information content (AvgIpc) is 3.28. The lowest BCUT2D eigenvalue weighted by Gasteiger charge is -2.44. The third-order valence-corrected chi connectivity index (χ3v) is 10.7. The molecule has 40 heavy (non-hydrogen) atoms. The van der Waals surface area contributed by atoms with E-state index < -0.39 is 15.9 Å². The first-order valence-corrected chi connectivity index (χ1v) is 16.1. The SMILES string of the molecule is Cc1nc(N[C@H]2CCN([C@H]3CC[C@@H](N(C)C(C)C)C[C@H]3CS(=O)(=O)c3ccccc3)C2=O)c2cc(Cl)ccc2n1. The quantitative estimate of drug-likeness (QED) is 0.400. The number of carbonyl (C=O) groups excluding carboxylic acids is 1. The van der Waals surface area contributed by atoms with Crippen LogP contribution >= 0.6 is 11.6 Å². The van der Waals surface area contributed by atoms with Gasteiger partial charge in [-0.2, -0.15) is 0 Å². The largest absolute Gasteiger partial charge is 0.358 e. The number of nitrogens with zero attached hydrogens (tertiary/aromatic N) is 4. The summed E-state index contributed by atoms with van der Waals surface area (Å²) in [7, 11) is -1.40. The molecule has 1 N–H and O–H groups in total. The number of rotatable bonds is 8. The molecule has 1 saturated carbocycles. The standard InChI is InChI=1S/C30H38ClN5O3S/c1-19(2)35(4)23-11-13-28(21(16-23)18-40(38,39)24-8-6-5-7-9-24)36-15-14-27(30(36)37)34-29-25-17-22(31)10-12-26(25)32-20(3)33-29/h5-10,12,17,19,21,23,27-28H,11,13-16,18H2,1-4H3,(H,32,33,34)/t21-,23+,27-,28-/m0/s1. The molecule has 10 heteroatoms. The topological polar surface area (TPSA) is 95.5 Å². The highest BCUT2D eigenvalue weighted by Crippen LogP contribution is 2.36. The first kappa shape index (κ1) is 28.8. The fraction of sp³-hybridized carbons (Fsp3) is 0.500. The van der Waals surface area contributed by atoms with E-state index in [9.17, 15) is 13.2 Å². The van der Waals surface area contributed by atoms with Gasteiger partial charge in [0.15, 0.2) is 9.84 Å². The van der Waals surface area contributed by atoms with Crippen molar-refractivity contribution in [2.45, 2.75) is 75.5 Å². The third-order valence-electron chi connectivity index (χ3n) is 8.56. The molecule has 3 aromatic rings.